The van der Waals surface area contributed by atoms with E-state index >= 15 is 0 Å². The fourth-order valence-electron chi connectivity index (χ4n) is 13.7. The number of nitrogens with one attached hydrogen (secondary N) is 4. The summed E-state index contributed by atoms with van der Waals surface area (Å²) in [4.78, 5) is 16.2. The molecule has 0 unspecified atom stereocenters. The van der Waals surface area contributed by atoms with Crippen LogP contribution in [0.2, 0.25) is 0 Å². The van der Waals surface area contributed by atoms with Gasteiger partial charge in [-0.2, -0.15) is 0 Å². The Balaban J connectivity index is 0.958. The number of benzene rings is 4. The van der Waals surface area contributed by atoms with Crippen LogP contribution in [0, 0.1) is 0 Å². The Morgan fingerprint density at radius 3 is 0.798 bits per heavy atom. The van der Waals surface area contributed by atoms with Crippen molar-refractivity contribution in [3.63, 3.8) is 0 Å². The highest BCUT2D eigenvalue weighted by Crippen LogP contribution is 2.45. The van der Waals surface area contributed by atoms with Crippen LogP contribution < -0.4 is 18.9 Å². The fourth-order valence-corrected chi connectivity index (χ4v) is 13.7. The average molecular weight is 1130 g/mol. The monoisotopic (exact) mass is 1130 g/mol. The van der Waals surface area contributed by atoms with Crippen LogP contribution in [-0.2, 0) is 61.6 Å². The molecule has 10 heterocycles. The summed E-state index contributed by atoms with van der Waals surface area (Å²) >= 11 is 0. The van der Waals surface area contributed by atoms with Crippen LogP contribution in [0.15, 0.2) is 121 Å². The molecule has 0 fully saturated rings. The smallest absolute Gasteiger partial charge is 0.126 e. The summed E-state index contributed by atoms with van der Waals surface area (Å²) in [5.41, 5.74) is 17.5. The first kappa shape index (κ1) is 57.5. The summed E-state index contributed by atoms with van der Waals surface area (Å²) in [5.74, 6) is 3.65. The third-order valence-corrected chi connectivity index (χ3v) is 19.1. The first-order valence-corrected chi connectivity index (χ1v) is 31.4. The van der Waals surface area contributed by atoms with E-state index in [-0.39, 0.29) is 21.7 Å². The lowest BCUT2D eigenvalue weighted by atomic mass is 9.78. The zero-order valence-electron chi connectivity index (χ0n) is 50.7. The first-order chi connectivity index (χ1) is 40.9. The van der Waals surface area contributed by atoms with Crippen molar-refractivity contribution < 1.29 is 33.2 Å². The molecule has 4 N–H and O–H groups in total. The molecule has 0 spiro atoms. The van der Waals surface area contributed by atoms with E-state index in [9.17, 15) is 0 Å². The van der Waals surface area contributed by atoms with Gasteiger partial charge in [-0.05, 0) is 160 Å². The normalized spacial score (nSPS) is 21.8. The molecular weight excluding hydrogens is 1040 g/mol. The first-order valence-electron chi connectivity index (χ1n) is 31.4. The number of rotatable bonds is 0. The molecule has 6 aliphatic heterocycles. The maximum absolute atomic E-state index is 7.20. The molecule has 0 atom stereocenters. The van der Waals surface area contributed by atoms with E-state index < -0.39 is 0 Å². The Hall–Kier alpha value is -6.92. The third kappa shape index (κ3) is 11.9. The molecule has 442 valence electrons. The Morgan fingerprint density at radius 1 is 0.262 bits per heavy atom. The molecular formula is C73H88N4O7. The second-order valence-electron chi connectivity index (χ2n) is 25.6. The topological polar surface area (TPSA) is 128 Å². The van der Waals surface area contributed by atoms with Gasteiger partial charge >= 0.3 is 0 Å². The molecule has 0 amide bonds. The van der Waals surface area contributed by atoms with Crippen LogP contribution in [0.25, 0.3) is 0 Å². The summed E-state index contributed by atoms with van der Waals surface area (Å²) in [7, 11) is 0. The fraction of sp³-hybridized carbons (Fsp3) is 0.452. The second kappa shape index (κ2) is 25.0. The second-order valence-corrected chi connectivity index (χ2v) is 25.6. The minimum absolute atomic E-state index is 0.290. The van der Waals surface area contributed by atoms with Crippen molar-refractivity contribution in [1.29, 1.82) is 0 Å². The SMILES string of the molecule is CC1(C)c2ccc([nH]2)C2(C)CCCCCCOc3c4cccc3Cc3cccc5c3OCCOCCOCCOCCOc3c(cccc3Cc3cccc(c3OCCCCCC(C)(c3ccc1[nH]3)c1ccc([nH]1)C(C)(C)c1ccc2[nH]1)C5)C4. The molecule has 4 aromatic heterocycles. The van der Waals surface area contributed by atoms with Gasteiger partial charge in [-0.25, -0.2) is 0 Å². The largest absolute Gasteiger partial charge is 0.493 e. The Morgan fingerprint density at radius 2 is 0.500 bits per heavy atom. The molecule has 0 saturated carbocycles. The zero-order chi connectivity index (χ0) is 57.7. The van der Waals surface area contributed by atoms with Crippen LogP contribution in [0.1, 0.15) is 189 Å². The minimum Gasteiger partial charge on any atom is -0.493 e. The summed E-state index contributed by atoms with van der Waals surface area (Å²) in [6, 6.07) is 45.3. The Kier molecular flexibility index (Phi) is 17.1. The van der Waals surface area contributed by atoms with E-state index in [1.807, 2.05) is 0 Å². The van der Waals surface area contributed by atoms with Crippen LogP contribution >= 0.6 is 0 Å². The van der Waals surface area contributed by atoms with Crippen molar-refractivity contribution in [1.82, 2.24) is 19.9 Å². The van der Waals surface area contributed by atoms with Gasteiger partial charge in [0.15, 0.2) is 0 Å². The molecule has 22 bridgehead atoms. The van der Waals surface area contributed by atoms with E-state index in [2.05, 4.69) is 183 Å². The molecule has 4 aromatic carbocycles. The molecule has 11 heteroatoms. The maximum atomic E-state index is 7.20. The van der Waals surface area contributed by atoms with Crippen LogP contribution in [-0.4, -0.2) is 86.0 Å². The van der Waals surface area contributed by atoms with Gasteiger partial charge in [0.05, 0.1) is 52.9 Å². The van der Waals surface area contributed by atoms with Crippen LogP contribution in [0.4, 0.5) is 0 Å². The van der Waals surface area contributed by atoms with E-state index in [0.717, 1.165) is 125 Å². The van der Waals surface area contributed by atoms with Gasteiger partial charge in [-0.1, -0.05) is 105 Å². The van der Waals surface area contributed by atoms with Crippen molar-refractivity contribution in [2.45, 2.75) is 147 Å². The number of para-hydroxylation sites is 4. The highest BCUT2D eigenvalue weighted by molar-refractivity contribution is 5.56. The Labute approximate surface area is 497 Å². The lowest BCUT2D eigenvalue weighted by Crippen LogP contribution is -2.29. The van der Waals surface area contributed by atoms with Gasteiger partial charge in [0.2, 0.25) is 0 Å². The molecule has 0 saturated heterocycles. The predicted molar refractivity (Wildman–Crippen MR) is 333 cm³/mol. The number of hydrogen-bond acceptors (Lipinski definition) is 7. The molecule has 11 nitrogen and oxygen atoms in total. The van der Waals surface area contributed by atoms with Crippen molar-refractivity contribution in [2.75, 3.05) is 66.1 Å². The van der Waals surface area contributed by atoms with Crippen molar-refractivity contribution >= 4 is 0 Å². The zero-order valence-corrected chi connectivity index (χ0v) is 50.7. The summed E-state index contributed by atoms with van der Waals surface area (Å²) in [6.07, 6.45) is 11.5. The van der Waals surface area contributed by atoms with Gasteiger partial charge in [0.1, 0.15) is 36.2 Å². The van der Waals surface area contributed by atoms with Gasteiger partial charge in [-0.3, -0.25) is 0 Å². The summed E-state index contributed by atoms with van der Waals surface area (Å²) in [5, 5.41) is 0. The van der Waals surface area contributed by atoms with Crippen molar-refractivity contribution in [3.05, 3.63) is 211 Å². The molecule has 15 rings (SSSR count). The van der Waals surface area contributed by atoms with E-state index in [0.29, 0.717) is 91.8 Å². The quantitative estimate of drug-likeness (QED) is 0.119. The number of aromatic nitrogens is 4. The predicted octanol–water partition coefficient (Wildman–Crippen LogP) is 15.1. The van der Waals surface area contributed by atoms with E-state index in [1.54, 1.807) is 0 Å². The molecule has 8 aromatic rings. The maximum Gasteiger partial charge on any atom is 0.126 e. The number of aromatic amines is 4. The van der Waals surface area contributed by atoms with Gasteiger partial charge < -0.3 is 53.1 Å². The van der Waals surface area contributed by atoms with Crippen molar-refractivity contribution in [3.8, 4) is 23.0 Å². The molecule has 0 radical (unpaired) electrons. The average Bonchev–Trinajstić information content (AvgIpc) is 2.41. The lowest BCUT2D eigenvalue weighted by molar-refractivity contribution is 0.00484. The van der Waals surface area contributed by atoms with Gasteiger partial charge in [-0.15, -0.1) is 0 Å². The molecule has 84 heavy (non-hydrogen) atoms. The lowest BCUT2D eigenvalue weighted by Gasteiger charge is -2.31. The number of H-pyrrole nitrogens is 4. The van der Waals surface area contributed by atoms with E-state index in [1.165, 1.54) is 45.6 Å². The van der Waals surface area contributed by atoms with Gasteiger partial charge in [0.25, 0.3) is 0 Å². The van der Waals surface area contributed by atoms with Gasteiger partial charge in [0, 0.05) is 92.9 Å². The summed E-state index contributed by atoms with van der Waals surface area (Å²) in [6.45, 7) is 19.0. The number of ether oxygens (including phenoxy) is 7. The highest BCUT2D eigenvalue weighted by Gasteiger charge is 2.39. The van der Waals surface area contributed by atoms with Crippen LogP contribution in [0.5, 0.6) is 23.0 Å². The third-order valence-electron chi connectivity index (χ3n) is 19.1. The van der Waals surface area contributed by atoms with Crippen molar-refractivity contribution in [2.24, 2.45) is 0 Å². The molecule has 7 aliphatic rings. The highest BCUT2D eigenvalue weighted by atomic mass is 16.6. The standard InChI is InChI=1S/C73H88N4O7/c1-70(2)58-26-30-62(74-58)72(5)34-10-7-8-12-36-81-66-50-18-14-19-51(66)47-55-23-17-25-57-49-53-21-15-20-52(48-56-24-16-22-54(46-50)68(56)83-44-42-79-40-38-78-39-41-80-43-45-84-69(55)57)67(53)82-37-13-9-11-35-73(6,64-32-28-60(70)76-64)65-33-29-61(77-65)71(3,4)59-27-31-63(72)75-59/h14-33,74-77H,7-13,34-49H2,1-6H3. The number of hydrogen-bond donors (Lipinski definition) is 4. The Bertz CT molecular complexity index is 3320. The minimum atomic E-state index is -0.318. The molecule has 1 aliphatic carbocycles. The van der Waals surface area contributed by atoms with E-state index in [4.69, 9.17) is 33.2 Å². The summed E-state index contributed by atoms with van der Waals surface area (Å²) < 4.78 is 46.2. The van der Waals surface area contributed by atoms with Crippen LogP contribution in [0.3, 0.4) is 0 Å².